The first-order valence-electron chi connectivity index (χ1n) is 11.8. The summed E-state index contributed by atoms with van der Waals surface area (Å²) in [6.45, 7) is 5.76. The molecule has 1 spiro atoms. The molecule has 3 heterocycles. The van der Waals surface area contributed by atoms with Crippen LogP contribution in [0.3, 0.4) is 0 Å². The van der Waals surface area contributed by atoms with E-state index < -0.39 is 0 Å². The average molecular weight is 459 g/mol. The second kappa shape index (κ2) is 9.88. The molecule has 0 radical (unpaired) electrons. The number of hydrogen-bond acceptors (Lipinski definition) is 7. The van der Waals surface area contributed by atoms with Gasteiger partial charge in [-0.1, -0.05) is 12.0 Å². The highest BCUT2D eigenvalue weighted by molar-refractivity contribution is 5.93. The lowest BCUT2D eigenvalue weighted by atomic mass is 9.87. The van der Waals surface area contributed by atoms with Gasteiger partial charge in [-0.2, -0.15) is 0 Å². The molecule has 1 atom stereocenters. The summed E-state index contributed by atoms with van der Waals surface area (Å²) < 4.78 is 17.4. The number of fused-ring (bicyclic) bond motifs is 1. The first-order valence-corrected chi connectivity index (χ1v) is 11.8. The summed E-state index contributed by atoms with van der Waals surface area (Å²) in [6, 6.07) is 11.5. The summed E-state index contributed by atoms with van der Waals surface area (Å²) in [5, 5.41) is 4.21. The number of likely N-dealkylation sites (tertiary alicyclic amines) is 1. The Labute approximate surface area is 200 Å². The number of terminal acetylenes is 1. The molecule has 5 rings (SSSR count). The Kier molecular flexibility index (Phi) is 6.52. The first kappa shape index (κ1) is 22.5. The molecule has 0 bridgehead atoms. The van der Waals surface area contributed by atoms with Crippen molar-refractivity contribution in [3.63, 3.8) is 0 Å². The number of methoxy groups -OCH3 is 1. The number of hydrogen-bond donors (Lipinski definition) is 1. The van der Waals surface area contributed by atoms with Crippen molar-refractivity contribution in [3.05, 3.63) is 48.3 Å². The van der Waals surface area contributed by atoms with Crippen LogP contribution in [0.25, 0.3) is 10.9 Å². The van der Waals surface area contributed by atoms with Crippen LogP contribution in [-0.4, -0.2) is 61.4 Å². The number of rotatable bonds is 8. The monoisotopic (exact) mass is 458 g/mol. The Balaban J connectivity index is 1.27. The fourth-order valence-corrected chi connectivity index (χ4v) is 4.92. The molecule has 3 aromatic rings. The van der Waals surface area contributed by atoms with Crippen molar-refractivity contribution in [1.82, 2.24) is 14.9 Å². The third-order valence-electron chi connectivity index (χ3n) is 6.79. The van der Waals surface area contributed by atoms with Crippen LogP contribution in [0.4, 0.5) is 11.5 Å². The van der Waals surface area contributed by atoms with Crippen LogP contribution in [0.15, 0.2) is 42.7 Å². The number of nitrogens with one attached hydrogen (secondary N) is 1. The molecule has 0 aliphatic carbocycles. The topological polar surface area (TPSA) is 68.7 Å². The van der Waals surface area contributed by atoms with Crippen molar-refractivity contribution < 1.29 is 14.2 Å². The SMILES string of the molecule is C#Cc1cccc(Nc2ncnc3cc(OC)c(OCCCN4CCC5(CCOC5)C4)cc23)c1. The van der Waals surface area contributed by atoms with Crippen molar-refractivity contribution in [2.45, 2.75) is 19.3 Å². The lowest BCUT2D eigenvalue weighted by Gasteiger charge is -2.22. The molecule has 176 valence electrons. The molecule has 0 amide bonds. The molecule has 2 aromatic carbocycles. The van der Waals surface area contributed by atoms with Gasteiger partial charge in [0.15, 0.2) is 11.5 Å². The van der Waals surface area contributed by atoms with Gasteiger partial charge >= 0.3 is 0 Å². The van der Waals surface area contributed by atoms with Gasteiger partial charge in [-0.25, -0.2) is 9.97 Å². The molecule has 7 heteroatoms. The molecule has 2 aliphatic heterocycles. The zero-order valence-corrected chi connectivity index (χ0v) is 19.5. The number of anilines is 2. The summed E-state index contributed by atoms with van der Waals surface area (Å²) in [4.78, 5) is 11.4. The van der Waals surface area contributed by atoms with Gasteiger partial charge in [0, 0.05) is 47.8 Å². The lowest BCUT2D eigenvalue weighted by Crippen LogP contribution is -2.28. The van der Waals surface area contributed by atoms with E-state index in [0.29, 0.717) is 29.3 Å². The molecular formula is C27H30N4O3. The second-order valence-corrected chi connectivity index (χ2v) is 9.12. The molecule has 34 heavy (non-hydrogen) atoms. The minimum absolute atomic E-state index is 0.394. The van der Waals surface area contributed by atoms with E-state index >= 15 is 0 Å². The normalized spacial score (nSPS) is 20.0. The first-order chi connectivity index (χ1) is 16.7. The largest absolute Gasteiger partial charge is 0.493 e. The van der Waals surface area contributed by atoms with Gasteiger partial charge in [0.1, 0.15) is 12.1 Å². The predicted octanol–water partition coefficient (Wildman–Crippen LogP) is 4.24. The standard InChI is InChI=1S/C27H30N4O3/c1-3-20-6-4-7-21(14-20)30-26-22-15-25(24(32-2)16-23(22)28-19-29-26)34-12-5-10-31-11-8-27(17-31)9-13-33-18-27/h1,4,6-7,14-16,19H,5,8-13,17-18H2,2H3,(H,28,29,30). The van der Waals surface area contributed by atoms with E-state index in [1.54, 1.807) is 7.11 Å². The number of nitrogens with zero attached hydrogens (tertiary/aromatic N) is 3. The third kappa shape index (κ3) is 4.79. The summed E-state index contributed by atoms with van der Waals surface area (Å²) in [5.41, 5.74) is 2.84. The Bertz CT molecular complexity index is 1200. The maximum atomic E-state index is 6.17. The van der Waals surface area contributed by atoms with Crippen LogP contribution in [-0.2, 0) is 4.74 Å². The van der Waals surface area contributed by atoms with E-state index in [9.17, 15) is 0 Å². The van der Waals surface area contributed by atoms with Crippen LogP contribution in [0.2, 0.25) is 0 Å². The molecule has 1 aromatic heterocycles. The molecule has 2 fully saturated rings. The Morgan fingerprint density at radius 1 is 1.21 bits per heavy atom. The molecular weight excluding hydrogens is 428 g/mol. The number of aromatic nitrogens is 2. The van der Waals surface area contributed by atoms with Crippen molar-refractivity contribution in [2.24, 2.45) is 5.41 Å². The van der Waals surface area contributed by atoms with E-state index in [1.807, 2.05) is 36.4 Å². The van der Waals surface area contributed by atoms with Crippen molar-refractivity contribution in [3.8, 4) is 23.8 Å². The van der Waals surface area contributed by atoms with Crippen LogP contribution >= 0.6 is 0 Å². The fraction of sp³-hybridized carbons (Fsp3) is 0.407. The van der Waals surface area contributed by atoms with Gasteiger partial charge in [-0.15, -0.1) is 6.42 Å². The van der Waals surface area contributed by atoms with Crippen molar-refractivity contribution in [1.29, 1.82) is 0 Å². The maximum absolute atomic E-state index is 6.17. The fourth-order valence-electron chi connectivity index (χ4n) is 4.92. The van der Waals surface area contributed by atoms with E-state index in [4.69, 9.17) is 20.6 Å². The van der Waals surface area contributed by atoms with E-state index in [0.717, 1.165) is 61.4 Å². The molecule has 2 aliphatic rings. The van der Waals surface area contributed by atoms with Gasteiger partial charge < -0.3 is 24.4 Å². The van der Waals surface area contributed by atoms with Crippen molar-refractivity contribution in [2.75, 3.05) is 51.9 Å². The summed E-state index contributed by atoms with van der Waals surface area (Å²) in [7, 11) is 1.65. The Hall–Kier alpha value is -3.34. The highest BCUT2D eigenvalue weighted by Gasteiger charge is 2.40. The van der Waals surface area contributed by atoms with E-state index in [2.05, 4.69) is 26.1 Å². The van der Waals surface area contributed by atoms with Crippen LogP contribution in [0.1, 0.15) is 24.8 Å². The third-order valence-corrected chi connectivity index (χ3v) is 6.79. The average Bonchev–Trinajstić information content (AvgIpc) is 3.50. The van der Waals surface area contributed by atoms with Gasteiger partial charge in [-0.05, 0) is 50.1 Å². The van der Waals surface area contributed by atoms with Crippen molar-refractivity contribution >= 4 is 22.4 Å². The lowest BCUT2D eigenvalue weighted by molar-refractivity contribution is 0.151. The van der Waals surface area contributed by atoms with E-state index in [1.165, 1.54) is 19.2 Å². The highest BCUT2D eigenvalue weighted by Crippen LogP contribution is 2.38. The Morgan fingerprint density at radius 2 is 2.15 bits per heavy atom. The number of benzene rings is 2. The molecule has 1 N–H and O–H groups in total. The van der Waals surface area contributed by atoms with Gasteiger partial charge in [0.25, 0.3) is 0 Å². The molecule has 0 saturated carbocycles. The van der Waals surface area contributed by atoms with Crippen LogP contribution in [0, 0.1) is 17.8 Å². The zero-order valence-electron chi connectivity index (χ0n) is 19.5. The Morgan fingerprint density at radius 3 is 2.97 bits per heavy atom. The number of ether oxygens (including phenoxy) is 3. The molecule has 1 unspecified atom stereocenters. The second-order valence-electron chi connectivity index (χ2n) is 9.12. The smallest absolute Gasteiger partial charge is 0.162 e. The van der Waals surface area contributed by atoms with Gasteiger partial charge in [-0.3, -0.25) is 0 Å². The van der Waals surface area contributed by atoms with E-state index in [-0.39, 0.29) is 0 Å². The summed E-state index contributed by atoms with van der Waals surface area (Å²) in [6.07, 6.45) is 10.5. The summed E-state index contributed by atoms with van der Waals surface area (Å²) in [5.74, 6) is 4.70. The maximum Gasteiger partial charge on any atom is 0.162 e. The van der Waals surface area contributed by atoms with Gasteiger partial charge in [0.05, 0.1) is 25.8 Å². The predicted molar refractivity (Wildman–Crippen MR) is 133 cm³/mol. The van der Waals surface area contributed by atoms with Crippen LogP contribution < -0.4 is 14.8 Å². The molecule has 7 nitrogen and oxygen atoms in total. The minimum atomic E-state index is 0.394. The van der Waals surface area contributed by atoms with Gasteiger partial charge in [0.2, 0.25) is 0 Å². The quantitative estimate of drug-likeness (QED) is 0.400. The van der Waals surface area contributed by atoms with Crippen LogP contribution in [0.5, 0.6) is 11.5 Å². The summed E-state index contributed by atoms with van der Waals surface area (Å²) >= 11 is 0. The minimum Gasteiger partial charge on any atom is -0.493 e. The highest BCUT2D eigenvalue weighted by atomic mass is 16.5. The zero-order chi connectivity index (χ0) is 23.4. The molecule has 2 saturated heterocycles.